The first-order chi connectivity index (χ1) is 8.04. The van der Waals surface area contributed by atoms with Crippen molar-refractivity contribution in [2.75, 3.05) is 17.3 Å². The molecule has 1 aliphatic rings. The Morgan fingerprint density at radius 3 is 2.88 bits per heavy atom. The van der Waals surface area contributed by atoms with E-state index in [9.17, 15) is 4.21 Å². The lowest BCUT2D eigenvalue weighted by Gasteiger charge is -2.13. The Hall–Kier alpha value is -0.680. The van der Waals surface area contributed by atoms with E-state index in [-0.39, 0.29) is 6.04 Å². The van der Waals surface area contributed by atoms with E-state index in [1.165, 1.54) is 0 Å². The lowest BCUT2D eigenvalue weighted by Crippen LogP contribution is -2.23. The quantitative estimate of drug-likeness (QED) is 0.836. The van der Waals surface area contributed by atoms with Gasteiger partial charge in [0.05, 0.1) is 0 Å². The average Bonchev–Trinajstić information content (AvgIpc) is 2.97. The van der Waals surface area contributed by atoms with Crippen molar-refractivity contribution >= 4 is 28.2 Å². The minimum atomic E-state index is -0.815. The van der Waals surface area contributed by atoms with Gasteiger partial charge in [0.1, 0.15) is 16.8 Å². The van der Waals surface area contributed by atoms with Gasteiger partial charge in [0.2, 0.25) is 0 Å². The Kier molecular flexibility index (Phi) is 3.99. The number of hydrogen-bond acceptors (Lipinski definition) is 4. The maximum absolute atomic E-state index is 11.1. The molecule has 2 unspecified atom stereocenters. The van der Waals surface area contributed by atoms with Gasteiger partial charge in [0, 0.05) is 40.8 Å². The first-order valence-electron chi connectivity index (χ1n) is 5.65. The Bertz CT molecular complexity index is 437. The molecule has 0 aliphatic heterocycles. The van der Waals surface area contributed by atoms with Gasteiger partial charge < -0.3 is 5.32 Å². The second kappa shape index (κ2) is 5.31. The SMILES string of the molecule is CC(CS(C)=O)Nc1cc(Cl)nc(C2CC2)n1. The molecule has 1 aromatic heterocycles. The molecule has 1 saturated carbocycles. The van der Waals surface area contributed by atoms with Crippen LogP contribution in [-0.2, 0) is 10.8 Å². The van der Waals surface area contributed by atoms with Crippen molar-refractivity contribution in [3.63, 3.8) is 0 Å². The van der Waals surface area contributed by atoms with Crippen LogP contribution in [0.25, 0.3) is 0 Å². The van der Waals surface area contributed by atoms with E-state index in [0.29, 0.717) is 16.8 Å². The van der Waals surface area contributed by atoms with Gasteiger partial charge in [0.15, 0.2) is 0 Å². The molecule has 0 radical (unpaired) electrons. The molecule has 1 N–H and O–H groups in total. The summed E-state index contributed by atoms with van der Waals surface area (Å²) in [5, 5.41) is 3.68. The molecule has 2 atom stereocenters. The first kappa shape index (κ1) is 12.8. The third-order valence-electron chi connectivity index (χ3n) is 2.53. The van der Waals surface area contributed by atoms with Crippen LogP contribution in [0.1, 0.15) is 31.5 Å². The molecule has 94 valence electrons. The highest BCUT2D eigenvalue weighted by molar-refractivity contribution is 7.84. The third-order valence-corrected chi connectivity index (χ3v) is 3.70. The number of hydrogen-bond donors (Lipinski definition) is 1. The van der Waals surface area contributed by atoms with Crippen LogP contribution in [-0.4, -0.2) is 32.2 Å². The Balaban J connectivity index is 2.06. The Morgan fingerprint density at radius 2 is 2.29 bits per heavy atom. The van der Waals surface area contributed by atoms with E-state index in [1.54, 1.807) is 12.3 Å². The standard InChI is InChI=1S/C11H16ClN3OS/c1-7(6-17(2)16)13-10-5-9(12)14-11(15-10)8-3-4-8/h5,7-8H,3-4,6H2,1-2H3,(H,13,14,15). The summed E-state index contributed by atoms with van der Waals surface area (Å²) in [7, 11) is -0.815. The summed E-state index contributed by atoms with van der Waals surface area (Å²) in [6, 6.07) is 1.82. The average molecular weight is 274 g/mol. The summed E-state index contributed by atoms with van der Waals surface area (Å²) in [5.74, 6) is 2.62. The van der Waals surface area contributed by atoms with Crippen LogP contribution in [0.3, 0.4) is 0 Å². The summed E-state index contributed by atoms with van der Waals surface area (Å²) in [6.07, 6.45) is 3.99. The number of nitrogens with one attached hydrogen (secondary N) is 1. The molecule has 17 heavy (non-hydrogen) atoms. The van der Waals surface area contributed by atoms with Crippen LogP contribution >= 0.6 is 11.6 Å². The van der Waals surface area contributed by atoms with Gasteiger partial charge in [-0.1, -0.05) is 11.6 Å². The zero-order chi connectivity index (χ0) is 12.4. The predicted octanol–water partition coefficient (Wildman–Crippen LogP) is 2.19. The summed E-state index contributed by atoms with van der Waals surface area (Å²) >= 11 is 5.96. The number of halogens is 1. The van der Waals surface area contributed by atoms with Gasteiger partial charge >= 0.3 is 0 Å². The molecular formula is C11H16ClN3OS. The van der Waals surface area contributed by atoms with Crippen molar-refractivity contribution in [2.45, 2.75) is 31.7 Å². The van der Waals surface area contributed by atoms with E-state index < -0.39 is 10.8 Å². The second-order valence-electron chi connectivity index (χ2n) is 4.49. The van der Waals surface area contributed by atoms with Crippen LogP contribution in [0, 0.1) is 0 Å². The molecule has 1 heterocycles. The summed E-state index contributed by atoms with van der Waals surface area (Å²) in [6.45, 7) is 1.98. The molecule has 1 aromatic rings. The van der Waals surface area contributed by atoms with Gasteiger partial charge in [-0.05, 0) is 19.8 Å². The fourth-order valence-corrected chi connectivity index (χ4v) is 2.66. The number of aromatic nitrogens is 2. The molecule has 6 heteroatoms. The summed E-state index contributed by atoms with van der Waals surface area (Å²) < 4.78 is 11.1. The molecule has 0 saturated heterocycles. The molecular weight excluding hydrogens is 258 g/mol. The summed E-state index contributed by atoms with van der Waals surface area (Å²) in [5.41, 5.74) is 0. The second-order valence-corrected chi connectivity index (χ2v) is 6.36. The number of nitrogens with zero attached hydrogens (tertiary/aromatic N) is 2. The largest absolute Gasteiger partial charge is 0.367 e. The highest BCUT2D eigenvalue weighted by Crippen LogP contribution is 2.38. The topological polar surface area (TPSA) is 54.9 Å². The fourth-order valence-electron chi connectivity index (χ4n) is 1.68. The maximum Gasteiger partial charge on any atom is 0.135 e. The van der Waals surface area contributed by atoms with Crippen LogP contribution in [0.15, 0.2) is 6.07 Å². The molecule has 0 bridgehead atoms. The normalized spacial score (nSPS) is 18.8. The van der Waals surface area contributed by atoms with Crippen molar-refractivity contribution in [1.29, 1.82) is 0 Å². The van der Waals surface area contributed by atoms with Gasteiger partial charge in [0.25, 0.3) is 0 Å². The Morgan fingerprint density at radius 1 is 1.59 bits per heavy atom. The predicted molar refractivity (Wildman–Crippen MR) is 71.0 cm³/mol. The fraction of sp³-hybridized carbons (Fsp3) is 0.636. The van der Waals surface area contributed by atoms with Crippen LogP contribution in [0.4, 0.5) is 5.82 Å². The van der Waals surface area contributed by atoms with Gasteiger partial charge in [-0.2, -0.15) is 0 Å². The summed E-state index contributed by atoms with van der Waals surface area (Å²) in [4.78, 5) is 8.66. The van der Waals surface area contributed by atoms with E-state index in [1.807, 2.05) is 6.92 Å². The highest BCUT2D eigenvalue weighted by atomic mass is 35.5. The highest BCUT2D eigenvalue weighted by Gasteiger charge is 2.27. The van der Waals surface area contributed by atoms with Gasteiger partial charge in [-0.15, -0.1) is 0 Å². The van der Waals surface area contributed by atoms with Crippen molar-refractivity contribution in [2.24, 2.45) is 0 Å². The molecule has 0 amide bonds. The molecule has 1 aliphatic carbocycles. The van der Waals surface area contributed by atoms with Gasteiger partial charge in [-0.25, -0.2) is 9.97 Å². The first-order valence-corrected chi connectivity index (χ1v) is 7.76. The van der Waals surface area contributed by atoms with Crippen LogP contribution in [0.2, 0.25) is 5.15 Å². The van der Waals surface area contributed by atoms with Crippen molar-refractivity contribution < 1.29 is 4.21 Å². The smallest absolute Gasteiger partial charge is 0.135 e. The van der Waals surface area contributed by atoms with Crippen molar-refractivity contribution in [1.82, 2.24) is 9.97 Å². The Labute approximate surface area is 109 Å². The molecule has 2 rings (SSSR count). The monoisotopic (exact) mass is 273 g/mol. The van der Waals surface area contributed by atoms with E-state index >= 15 is 0 Å². The third kappa shape index (κ3) is 3.92. The zero-order valence-corrected chi connectivity index (χ0v) is 11.5. The maximum atomic E-state index is 11.1. The lowest BCUT2D eigenvalue weighted by molar-refractivity contribution is 0.682. The van der Waals surface area contributed by atoms with Crippen molar-refractivity contribution in [3.8, 4) is 0 Å². The minimum absolute atomic E-state index is 0.110. The van der Waals surface area contributed by atoms with E-state index in [4.69, 9.17) is 11.6 Å². The number of rotatable bonds is 5. The van der Waals surface area contributed by atoms with Crippen LogP contribution in [0.5, 0.6) is 0 Å². The molecule has 0 spiro atoms. The van der Waals surface area contributed by atoms with Crippen molar-refractivity contribution in [3.05, 3.63) is 17.0 Å². The van der Waals surface area contributed by atoms with Crippen LogP contribution < -0.4 is 5.32 Å². The lowest BCUT2D eigenvalue weighted by atomic mass is 10.3. The minimum Gasteiger partial charge on any atom is -0.367 e. The molecule has 1 fully saturated rings. The molecule has 0 aromatic carbocycles. The van der Waals surface area contributed by atoms with E-state index in [2.05, 4.69) is 15.3 Å². The number of anilines is 1. The molecule has 4 nitrogen and oxygen atoms in total. The zero-order valence-electron chi connectivity index (χ0n) is 9.94. The van der Waals surface area contributed by atoms with E-state index in [0.717, 1.165) is 24.5 Å². The van der Waals surface area contributed by atoms with Gasteiger partial charge in [-0.3, -0.25) is 4.21 Å².